The van der Waals surface area contributed by atoms with Crippen molar-refractivity contribution in [1.82, 2.24) is 0 Å². The molecule has 0 amide bonds. The van der Waals surface area contributed by atoms with E-state index in [1.165, 1.54) is 24.3 Å². The molecular weight excluding hydrogens is 444 g/mol. The molecule has 0 aromatic heterocycles. The lowest BCUT2D eigenvalue weighted by Gasteiger charge is -2.24. The second kappa shape index (κ2) is 7.27. The molecule has 2 aliphatic carbocycles. The van der Waals surface area contributed by atoms with Crippen molar-refractivity contribution in [2.45, 2.75) is 0 Å². The van der Waals surface area contributed by atoms with Gasteiger partial charge in [-0.3, -0.25) is 19.2 Å². The zero-order valence-electron chi connectivity index (χ0n) is 18.0. The number of aromatic carboxylic acids is 1. The predicted octanol–water partition coefficient (Wildman–Crippen LogP) is 4.60. The molecule has 6 heteroatoms. The first-order chi connectivity index (χ1) is 16.9. The van der Waals surface area contributed by atoms with Crippen molar-refractivity contribution >= 4 is 29.1 Å². The number of fused-ring (bicyclic) bond motifs is 4. The van der Waals surface area contributed by atoms with Crippen LogP contribution in [-0.2, 0) is 0 Å². The van der Waals surface area contributed by atoms with Crippen molar-refractivity contribution in [3.8, 4) is 11.1 Å². The Labute approximate surface area is 198 Å². The topological polar surface area (TPSA) is 106 Å². The van der Waals surface area contributed by atoms with E-state index < -0.39 is 17.5 Å². The van der Waals surface area contributed by atoms with E-state index in [1.54, 1.807) is 54.6 Å². The molecule has 0 aliphatic heterocycles. The average Bonchev–Trinajstić information content (AvgIpc) is 2.89. The molecule has 2 aliphatic rings. The predicted molar refractivity (Wildman–Crippen MR) is 125 cm³/mol. The van der Waals surface area contributed by atoms with Crippen LogP contribution in [0.15, 0.2) is 78.9 Å². The van der Waals surface area contributed by atoms with E-state index in [9.17, 15) is 29.1 Å². The van der Waals surface area contributed by atoms with Crippen LogP contribution in [0.1, 0.15) is 74.0 Å². The third-order valence-electron chi connectivity index (χ3n) is 6.55. The Morgan fingerprint density at radius 2 is 0.857 bits per heavy atom. The summed E-state index contributed by atoms with van der Waals surface area (Å²) in [4.78, 5) is 65.8. The molecule has 35 heavy (non-hydrogen) atoms. The highest BCUT2D eigenvalue weighted by Crippen LogP contribution is 2.40. The lowest BCUT2D eigenvalue weighted by molar-refractivity contribution is 0.0692. The smallest absolute Gasteiger partial charge is 0.336 e. The summed E-state index contributed by atoms with van der Waals surface area (Å²) in [5.74, 6) is -3.13. The monoisotopic (exact) mass is 458 g/mol. The number of ketones is 4. The maximum atomic E-state index is 13.6. The van der Waals surface area contributed by atoms with Gasteiger partial charge in [-0.25, -0.2) is 4.79 Å². The Morgan fingerprint density at radius 1 is 0.429 bits per heavy atom. The quantitative estimate of drug-likeness (QED) is 0.407. The summed E-state index contributed by atoms with van der Waals surface area (Å²) in [5.41, 5.74) is 1.08. The number of hydrogen-bond acceptors (Lipinski definition) is 5. The van der Waals surface area contributed by atoms with Gasteiger partial charge in [0.1, 0.15) is 0 Å². The van der Waals surface area contributed by atoms with Crippen LogP contribution in [0.25, 0.3) is 11.1 Å². The normalized spacial score (nSPS) is 13.6. The van der Waals surface area contributed by atoms with Crippen LogP contribution in [0.5, 0.6) is 0 Å². The molecule has 0 fully saturated rings. The zero-order chi connectivity index (χ0) is 24.4. The van der Waals surface area contributed by atoms with Crippen LogP contribution < -0.4 is 0 Å². The molecule has 0 atom stereocenters. The molecule has 0 radical (unpaired) electrons. The van der Waals surface area contributed by atoms with E-state index in [4.69, 9.17) is 0 Å². The number of hydrogen-bond donors (Lipinski definition) is 1. The van der Waals surface area contributed by atoms with Gasteiger partial charge in [0.05, 0.1) is 5.56 Å². The highest BCUT2D eigenvalue weighted by Gasteiger charge is 2.37. The summed E-state index contributed by atoms with van der Waals surface area (Å²) in [6, 6.07) is 20.2. The van der Waals surface area contributed by atoms with E-state index in [-0.39, 0.29) is 61.6 Å². The minimum absolute atomic E-state index is 0.0823. The van der Waals surface area contributed by atoms with Crippen molar-refractivity contribution in [2.24, 2.45) is 0 Å². The summed E-state index contributed by atoms with van der Waals surface area (Å²) >= 11 is 0. The fraction of sp³-hybridized carbons (Fsp3) is 0. The molecule has 0 bridgehead atoms. The van der Waals surface area contributed by atoms with Crippen LogP contribution in [0, 0.1) is 0 Å². The molecule has 0 saturated carbocycles. The Hall–Kier alpha value is -4.97. The molecule has 6 nitrogen and oxygen atoms in total. The van der Waals surface area contributed by atoms with Crippen molar-refractivity contribution in [2.75, 3.05) is 0 Å². The summed E-state index contributed by atoms with van der Waals surface area (Å²) < 4.78 is 0. The van der Waals surface area contributed by atoms with Crippen LogP contribution in [0.3, 0.4) is 0 Å². The summed E-state index contributed by atoms with van der Waals surface area (Å²) in [6.07, 6.45) is 0. The molecule has 0 spiro atoms. The minimum Gasteiger partial charge on any atom is -0.478 e. The van der Waals surface area contributed by atoms with Gasteiger partial charge in [-0.2, -0.15) is 0 Å². The van der Waals surface area contributed by atoms with Gasteiger partial charge < -0.3 is 5.11 Å². The average molecular weight is 458 g/mol. The maximum Gasteiger partial charge on any atom is 0.336 e. The highest BCUT2D eigenvalue weighted by molar-refractivity contribution is 6.34. The number of carboxylic acid groups (broad SMARTS) is 1. The Morgan fingerprint density at radius 3 is 1.43 bits per heavy atom. The van der Waals surface area contributed by atoms with Crippen LogP contribution in [0.4, 0.5) is 0 Å². The summed E-state index contributed by atoms with van der Waals surface area (Å²) in [5, 5.41) is 9.77. The standard InChI is InChI=1S/C29H14O6/c30-25-16-6-1-2-7-17(16)26(31)22-14(10-5-11-20(22)25)15-12-13-21(29(34)35)24-23(15)27(32)18-8-3-4-9-19(18)28(24)33/h1-13H,(H,34,35). The maximum absolute atomic E-state index is 13.6. The SMILES string of the molecule is O=C1c2ccccc2C(=O)c2c1cccc2-c1ccc(C(=O)O)c2c1C(=O)c1ccccc1C2=O. The largest absolute Gasteiger partial charge is 0.478 e. The van der Waals surface area contributed by atoms with Gasteiger partial charge in [-0.1, -0.05) is 72.8 Å². The molecule has 1 N–H and O–H groups in total. The number of carbonyl (C=O) groups excluding carboxylic acids is 4. The first-order valence-electron chi connectivity index (χ1n) is 10.8. The van der Waals surface area contributed by atoms with Gasteiger partial charge in [0.25, 0.3) is 0 Å². The van der Waals surface area contributed by atoms with Gasteiger partial charge in [0, 0.05) is 44.5 Å². The summed E-state index contributed by atoms with van der Waals surface area (Å²) in [7, 11) is 0. The van der Waals surface area contributed by atoms with Gasteiger partial charge >= 0.3 is 5.97 Å². The first kappa shape index (κ1) is 20.6. The highest BCUT2D eigenvalue weighted by atomic mass is 16.4. The van der Waals surface area contributed by atoms with Crippen molar-refractivity contribution in [3.05, 3.63) is 129 Å². The molecule has 0 unspecified atom stereocenters. The first-order valence-corrected chi connectivity index (χ1v) is 10.8. The fourth-order valence-electron chi connectivity index (χ4n) is 4.99. The van der Waals surface area contributed by atoms with Crippen molar-refractivity contribution < 1.29 is 29.1 Å². The van der Waals surface area contributed by atoms with Crippen molar-refractivity contribution in [1.29, 1.82) is 0 Å². The Bertz CT molecular complexity index is 1690. The Kier molecular flexibility index (Phi) is 4.28. The van der Waals surface area contributed by atoms with E-state index in [2.05, 4.69) is 0 Å². The molecule has 0 saturated heterocycles. The third-order valence-corrected chi connectivity index (χ3v) is 6.55. The minimum atomic E-state index is -1.34. The molecule has 166 valence electrons. The number of carboxylic acids is 1. The Balaban J connectivity index is 1.68. The van der Waals surface area contributed by atoms with Crippen LogP contribution in [0.2, 0.25) is 0 Å². The fourth-order valence-corrected chi connectivity index (χ4v) is 4.99. The molecule has 0 heterocycles. The van der Waals surface area contributed by atoms with E-state index in [1.807, 2.05) is 0 Å². The number of benzene rings is 4. The lowest BCUT2D eigenvalue weighted by Crippen LogP contribution is -2.26. The van der Waals surface area contributed by atoms with Gasteiger partial charge in [-0.15, -0.1) is 0 Å². The van der Waals surface area contributed by atoms with Crippen molar-refractivity contribution in [3.63, 3.8) is 0 Å². The molecule has 4 aromatic rings. The summed E-state index contributed by atoms with van der Waals surface area (Å²) in [6.45, 7) is 0. The van der Waals surface area contributed by atoms with Gasteiger partial charge in [0.15, 0.2) is 23.1 Å². The lowest BCUT2D eigenvalue weighted by atomic mass is 9.75. The molecule has 4 aromatic carbocycles. The van der Waals surface area contributed by atoms with Gasteiger partial charge in [0.2, 0.25) is 0 Å². The molecule has 6 rings (SSSR count). The van der Waals surface area contributed by atoms with E-state index in [0.717, 1.165) is 0 Å². The zero-order valence-corrected chi connectivity index (χ0v) is 18.0. The second-order valence-electron chi connectivity index (χ2n) is 8.35. The van der Waals surface area contributed by atoms with Crippen LogP contribution in [-0.4, -0.2) is 34.2 Å². The number of carbonyl (C=O) groups is 5. The number of rotatable bonds is 2. The third kappa shape index (κ3) is 2.74. The van der Waals surface area contributed by atoms with E-state index in [0.29, 0.717) is 11.1 Å². The second-order valence-corrected chi connectivity index (χ2v) is 8.35. The molecular formula is C29H14O6. The van der Waals surface area contributed by atoms with E-state index >= 15 is 0 Å². The van der Waals surface area contributed by atoms with Gasteiger partial charge in [-0.05, 0) is 17.2 Å². The van der Waals surface area contributed by atoms with Crippen LogP contribution >= 0.6 is 0 Å².